The first kappa shape index (κ1) is 12.3. The molecule has 5 heteroatoms. The van der Waals surface area contributed by atoms with E-state index in [0.717, 1.165) is 31.5 Å². The summed E-state index contributed by atoms with van der Waals surface area (Å²) in [5, 5.41) is 11.2. The Bertz CT molecular complexity index is 520. The monoisotopic (exact) mass is 260 g/mol. The predicted molar refractivity (Wildman–Crippen MR) is 70.2 cm³/mol. The average Bonchev–Trinajstić information content (AvgIpc) is 2.85. The molecule has 19 heavy (non-hydrogen) atoms. The molecule has 0 bridgehead atoms. The molecule has 100 valence electrons. The maximum absolute atomic E-state index is 13.1. The molecule has 0 spiro atoms. The highest BCUT2D eigenvalue weighted by molar-refractivity contribution is 5.23. The van der Waals surface area contributed by atoms with Crippen molar-refractivity contribution in [2.75, 3.05) is 6.54 Å². The maximum atomic E-state index is 13.1. The molecule has 2 aromatic rings. The molecule has 1 aliphatic rings. The highest BCUT2D eigenvalue weighted by Crippen LogP contribution is 2.36. The summed E-state index contributed by atoms with van der Waals surface area (Å²) in [7, 11) is 0. The van der Waals surface area contributed by atoms with Gasteiger partial charge in [-0.25, -0.2) is 4.39 Å². The van der Waals surface area contributed by atoms with Gasteiger partial charge in [0, 0.05) is 18.8 Å². The molecule has 0 unspecified atom stereocenters. The number of benzene rings is 1. The van der Waals surface area contributed by atoms with Crippen LogP contribution in [0.4, 0.5) is 4.39 Å². The molecule has 0 saturated heterocycles. The highest BCUT2D eigenvalue weighted by atomic mass is 19.1. The van der Waals surface area contributed by atoms with Gasteiger partial charge in [-0.2, -0.15) is 0 Å². The van der Waals surface area contributed by atoms with E-state index in [1.54, 1.807) is 18.3 Å². The largest absolute Gasteiger partial charge is 0.312 e. The van der Waals surface area contributed by atoms with Gasteiger partial charge in [-0.3, -0.25) is 4.68 Å². The number of nitrogens with one attached hydrogen (secondary N) is 1. The summed E-state index contributed by atoms with van der Waals surface area (Å²) >= 11 is 0. The van der Waals surface area contributed by atoms with E-state index in [-0.39, 0.29) is 5.82 Å². The Morgan fingerprint density at radius 1 is 1.37 bits per heavy atom. The smallest absolute Gasteiger partial charge is 0.123 e. The van der Waals surface area contributed by atoms with E-state index in [1.807, 2.05) is 16.9 Å². The van der Waals surface area contributed by atoms with Crippen LogP contribution in [-0.2, 0) is 6.54 Å². The molecular formula is C14H17FN4. The van der Waals surface area contributed by atoms with Gasteiger partial charge < -0.3 is 5.32 Å². The highest BCUT2D eigenvalue weighted by Gasteiger charge is 2.29. The fourth-order valence-electron chi connectivity index (χ4n) is 2.55. The second kappa shape index (κ2) is 5.48. The predicted octanol–water partition coefficient (Wildman–Crippen LogP) is 1.95. The minimum Gasteiger partial charge on any atom is -0.312 e. The van der Waals surface area contributed by atoms with Gasteiger partial charge in [0.25, 0.3) is 0 Å². The molecule has 0 atom stereocenters. The Balaban J connectivity index is 1.41. The lowest BCUT2D eigenvalue weighted by Gasteiger charge is -2.36. The summed E-state index contributed by atoms with van der Waals surface area (Å²) in [4.78, 5) is 0. The van der Waals surface area contributed by atoms with E-state index in [1.165, 1.54) is 6.07 Å². The number of aromatic nitrogens is 3. The second-order valence-corrected chi connectivity index (χ2v) is 5.04. The van der Waals surface area contributed by atoms with Crippen LogP contribution in [0.2, 0.25) is 0 Å². The molecule has 0 amide bonds. The molecule has 1 N–H and O–H groups in total. The van der Waals surface area contributed by atoms with Crippen LogP contribution < -0.4 is 5.32 Å². The topological polar surface area (TPSA) is 42.7 Å². The number of halogens is 1. The van der Waals surface area contributed by atoms with E-state index >= 15 is 0 Å². The van der Waals surface area contributed by atoms with E-state index in [2.05, 4.69) is 15.6 Å². The number of nitrogens with zero attached hydrogens (tertiary/aromatic N) is 3. The van der Waals surface area contributed by atoms with Crippen molar-refractivity contribution in [2.45, 2.75) is 31.3 Å². The summed E-state index contributed by atoms with van der Waals surface area (Å²) in [6, 6.07) is 7.48. The molecule has 1 saturated carbocycles. The third-order valence-corrected chi connectivity index (χ3v) is 3.70. The zero-order valence-electron chi connectivity index (χ0n) is 10.7. The molecule has 1 fully saturated rings. The second-order valence-electron chi connectivity index (χ2n) is 5.04. The first-order valence-corrected chi connectivity index (χ1v) is 6.64. The van der Waals surface area contributed by atoms with Crippen LogP contribution in [-0.4, -0.2) is 27.6 Å². The molecule has 1 aromatic carbocycles. The van der Waals surface area contributed by atoms with Crippen LogP contribution in [0, 0.1) is 5.82 Å². The van der Waals surface area contributed by atoms with Crippen LogP contribution in [0.5, 0.6) is 0 Å². The zero-order valence-corrected chi connectivity index (χ0v) is 10.7. The fraction of sp³-hybridized carbons (Fsp3) is 0.429. The van der Waals surface area contributed by atoms with Gasteiger partial charge in [0.15, 0.2) is 0 Å². The average molecular weight is 260 g/mol. The van der Waals surface area contributed by atoms with Crippen molar-refractivity contribution in [1.82, 2.24) is 20.3 Å². The molecule has 1 aromatic heterocycles. The van der Waals surface area contributed by atoms with Crippen LogP contribution in [0.1, 0.15) is 24.3 Å². The zero-order chi connectivity index (χ0) is 13.1. The van der Waals surface area contributed by atoms with Gasteiger partial charge in [-0.15, -0.1) is 5.10 Å². The van der Waals surface area contributed by atoms with Crippen molar-refractivity contribution in [1.29, 1.82) is 0 Å². The third kappa shape index (κ3) is 2.98. The van der Waals surface area contributed by atoms with Crippen molar-refractivity contribution in [3.63, 3.8) is 0 Å². The van der Waals surface area contributed by atoms with Crippen LogP contribution >= 0.6 is 0 Å². The summed E-state index contributed by atoms with van der Waals surface area (Å²) in [6.45, 7) is 1.73. The first-order chi connectivity index (χ1) is 9.31. The Labute approximate surface area is 111 Å². The summed E-state index contributed by atoms with van der Waals surface area (Å²) in [5.41, 5.74) is 1.12. The molecule has 1 heterocycles. The van der Waals surface area contributed by atoms with Crippen molar-refractivity contribution in [3.8, 4) is 0 Å². The molecule has 3 rings (SSSR count). The number of rotatable bonds is 5. The van der Waals surface area contributed by atoms with E-state index in [9.17, 15) is 4.39 Å². The fourth-order valence-corrected chi connectivity index (χ4v) is 2.55. The van der Waals surface area contributed by atoms with Gasteiger partial charge in [0.2, 0.25) is 0 Å². The van der Waals surface area contributed by atoms with Gasteiger partial charge >= 0.3 is 0 Å². The van der Waals surface area contributed by atoms with Crippen LogP contribution in [0.3, 0.4) is 0 Å². The van der Waals surface area contributed by atoms with E-state index < -0.39 is 0 Å². The molecule has 4 nitrogen and oxygen atoms in total. The lowest BCUT2D eigenvalue weighted by atomic mass is 9.76. The third-order valence-electron chi connectivity index (χ3n) is 3.70. The summed E-state index contributed by atoms with van der Waals surface area (Å²) in [6.07, 6.45) is 5.71. The van der Waals surface area contributed by atoms with Crippen molar-refractivity contribution < 1.29 is 4.39 Å². The minimum atomic E-state index is -0.139. The normalized spacial score (nSPS) is 22.2. The Kier molecular flexibility index (Phi) is 3.55. The maximum Gasteiger partial charge on any atom is 0.123 e. The first-order valence-electron chi connectivity index (χ1n) is 6.64. The van der Waals surface area contributed by atoms with Gasteiger partial charge in [0.1, 0.15) is 5.82 Å². The van der Waals surface area contributed by atoms with E-state index in [0.29, 0.717) is 12.0 Å². The van der Waals surface area contributed by atoms with Crippen LogP contribution in [0.25, 0.3) is 0 Å². The van der Waals surface area contributed by atoms with Crippen molar-refractivity contribution in [3.05, 3.63) is 48.0 Å². The Morgan fingerprint density at radius 2 is 2.26 bits per heavy atom. The van der Waals surface area contributed by atoms with Gasteiger partial charge in [0.05, 0.1) is 12.7 Å². The molecular weight excluding hydrogens is 243 g/mol. The standard InChI is InChI=1S/C14H17FN4/c15-13-3-1-2-11(8-13)12-9-14(10-12)16-4-6-19-7-5-17-18-19/h1-3,5,7-8,12,14,16H,4,6,9-10H2. The Morgan fingerprint density at radius 3 is 3.00 bits per heavy atom. The van der Waals surface area contributed by atoms with Crippen molar-refractivity contribution >= 4 is 0 Å². The van der Waals surface area contributed by atoms with Gasteiger partial charge in [-0.05, 0) is 36.5 Å². The summed E-state index contributed by atoms with van der Waals surface area (Å²) < 4.78 is 14.9. The summed E-state index contributed by atoms with van der Waals surface area (Å²) in [5.74, 6) is 0.361. The molecule has 1 aliphatic carbocycles. The van der Waals surface area contributed by atoms with Crippen LogP contribution in [0.15, 0.2) is 36.7 Å². The van der Waals surface area contributed by atoms with E-state index in [4.69, 9.17) is 0 Å². The van der Waals surface area contributed by atoms with Gasteiger partial charge in [-0.1, -0.05) is 17.3 Å². The Hall–Kier alpha value is -1.75. The minimum absolute atomic E-state index is 0.139. The molecule has 0 aliphatic heterocycles. The lowest BCUT2D eigenvalue weighted by molar-refractivity contribution is 0.286. The number of hydrogen-bond acceptors (Lipinski definition) is 3. The SMILES string of the molecule is Fc1cccc(C2CC(NCCn3ccnn3)C2)c1. The van der Waals surface area contributed by atoms with Crippen molar-refractivity contribution in [2.24, 2.45) is 0 Å². The lowest BCUT2D eigenvalue weighted by Crippen LogP contribution is -2.41. The molecule has 0 radical (unpaired) electrons. The number of hydrogen-bond donors (Lipinski definition) is 1. The quantitative estimate of drug-likeness (QED) is 0.893.